The lowest BCUT2D eigenvalue weighted by molar-refractivity contribution is -0.122. The number of carbonyl (C=O) groups excluding carboxylic acids is 2. The molecule has 0 radical (unpaired) electrons. The number of ketones is 1. The van der Waals surface area contributed by atoms with Crippen LogP contribution in [0.3, 0.4) is 0 Å². The van der Waals surface area contributed by atoms with Crippen LogP contribution in [0, 0.1) is 11.3 Å². The van der Waals surface area contributed by atoms with Crippen LogP contribution in [0.5, 0.6) is 0 Å². The van der Waals surface area contributed by atoms with Gasteiger partial charge in [-0.15, -0.1) is 0 Å². The van der Waals surface area contributed by atoms with E-state index in [1.54, 1.807) is 54.0 Å². The van der Waals surface area contributed by atoms with Crippen LogP contribution in [0.15, 0.2) is 116 Å². The second kappa shape index (κ2) is 10.3. The quantitative estimate of drug-likeness (QED) is 0.311. The van der Waals surface area contributed by atoms with Crippen molar-refractivity contribution in [3.8, 4) is 6.07 Å². The minimum atomic E-state index is -1.05. The summed E-state index contributed by atoms with van der Waals surface area (Å²) in [5.74, 6) is -0.0378. The van der Waals surface area contributed by atoms with E-state index in [1.165, 1.54) is 6.08 Å². The third-order valence-corrected chi connectivity index (χ3v) is 6.31. The van der Waals surface area contributed by atoms with Crippen LogP contribution in [0.25, 0.3) is 0 Å². The SMILES string of the molecule is N#Cc1ccc(C(=O)C=C2NC(Cc3ccncc3)(Cc3ccncc3)C(=O)N2c2ccccc2)cc1. The Kier molecular flexibility index (Phi) is 6.56. The van der Waals surface area contributed by atoms with Gasteiger partial charge in [0.15, 0.2) is 5.78 Å². The van der Waals surface area contributed by atoms with Gasteiger partial charge in [0.2, 0.25) is 0 Å². The number of carbonyl (C=O) groups is 2. The number of nitrogens with one attached hydrogen (secondary N) is 1. The molecule has 0 saturated carbocycles. The highest BCUT2D eigenvalue weighted by molar-refractivity contribution is 6.10. The van der Waals surface area contributed by atoms with Crippen molar-refractivity contribution in [3.63, 3.8) is 0 Å². The van der Waals surface area contributed by atoms with Gasteiger partial charge in [-0.3, -0.25) is 24.5 Å². The first-order valence-electron chi connectivity index (χ1n) is 11.8. The molecule has 0 bridgehead atoms. The molecule has 5 rings (SSSR count). The van der Waals surface area contributed by atoms with Crippen molar-refractivity contribution in [2.45, 2.75) is 18.4 Å². The van der Waals surface area contributed by atoms with Crippen molar-refractivity contribution in [1.29, 1.82) is 5.26 Å². The highest BCUT2D eigenvalue weighted by atomic mass is 16.2. The highest BCUT2D eigenvalue weighted by Gasteiger charge is 2.49. The molecule has 0 unspecified atom stereocenters. The van der Waals surface area contributed by atoms with E-state index >= 15 is 0 Å². The second-order valence-electron chi connectivity index (χ2n) is 8.83. The van der Waals surface area contributed by atoms with E-state index in [2.05, 4.69) is 21.4 Å². The number of benzene rings is 2. The number of amides is 1. The first-order chi connectivity index (χ1) is 18.1. The van der Waals surface area contributed by atoms with Gasteiger partial charge in [-0.1, -0.05) is 18.2 Å². The normalized spacial score (nSPS) is 15.3. The van der Waals surface area contributed by atoms with E-state index in [1.807, 2.05) is 54.6 Å². The molecule has 2 aromatic carbocycles. The third-order valence-electron chi connectivity index (χ3n) is 6.31. The molecule has 1 N–H and O–H groups in total. The van der Waals surface area contributed by atoms with Gasteiger partial charge in [0.05, 0.1) is 17.3 Å². The first-order valence-corrected chi connectivity index (χ1v) is 11.8. The minimum absolute atomic E-state index is 0.161. The summed E-state index contributed by atoms with van der Waals surface area (Å²) in [5, 5.41) is 12.5. The number of hydrogen-bond donors (Lipinski definition) is 1. The van der Waals surface area contributed by atoms with Gasteiger partial charge in [-0.05, 0) is 71.8 Å². The van der Waals surface area contributed by atoms with E-state index in [0.29, 0.717) is 35.5 Å². The van der Waals surface area contributed by atoms with Gasteiger partial charge >= 0.3 is 0 Å². The van der Waals surface area contributed by atoms with E-state index in [9.17, 15) is 9.59 Å². The summed E-state index contributed by atoms with van der Waals surface area (Å²) in [6.07, 6.45) is 9.05. The van der Waals surface area contributed by atoms with E-state index < -0.39 is 5.54 Å². The summed E-state index contributed by atoms with van der Waals surface area (Å²) in [6, 6.07) is 25.3. The van der Waals surface area contributed by atoms with Gasteiger partial charge in [-0.2, -0.15) is 5.26 Å². The Morgan fingerprint density at radius 2 is 1.43 bits per heavy atom. The zero-order chi connectivity index (χ0) is 25.7. The van der Waals surface area contributed by atoms with E-state index in [4.69, 9.17) is 5.26 Å². The maximum Gasteiger partial charge on any atom is 0.259 e. The Morgan fingerprint density at radius 1 is 0.865 bits per heavy atom. The number of nitriles is 1. The number of allylic oxidation sites excluding steroid dienone is 1. The topological polar surface area (TPSA) is 99.0 Å². The summed E-state index contributed by atoms with van der Waals surface area (Å²) in [7, 11) is 0. The molecule has 37 heavy (non-hydrogen) atoms. The van der Waals surface area contributed by atoms with Gasteiger partial charge in [0.25, 0.3) is 5.91 Å². The Balaban J connectivity index is 1.60. The molecule has 1 aliphatic heterocycles. The number of rotatable bonds is 7. The van der Waals surface area contributed by atoms with Crippen molar-refractivity contribution >= 4 is 17.4 Å². The standard InChI is InChI=1S/C30H23N5O2/c31-21-24-6-8-25(9-7-24)27(36)18-28-34-30(19-22-10-14-32-15-11-22,20-23-12-16-33-17-13-23)29(37)35(28)26-4-2-1-3-5-26/h1-18,34H,19-20H2. The zero-order valence-corrected chi connectivity index (χ0v) is 19.9. The number of pyridine rings is 2. The van der Waals surface area contributed by atoms with Crippen LogP contribution in [-0.2, 0) is 17.6 Å². The number of hydrogen-bond acceptors (Lipinski definition) is 6. The van der Waals surface area contributed by atoms with Crippen molar-refractivity contribution in [2.24, 2.45) is 0 Å². The Morgan fingerprint density at radius 3 is 1.97 bits per heavy atom. The van der Waals surface area contributed by atoms with E-state index in [-0.39, 0.29) is 11.7 Å². The average molecular weight is 486 g/mol. The Bertz CT molecular complexity index is 1440. The second-order valence-corrected chi connectivity index (χ2v) is 8.83. The van der Waals surface area contributed by atoms with Crippen molar-refractivity contribution in [1.82, 2.24) is 15.3 Å². The summed E-state index contributed by atoms with van der Waals surface area (Å²) in [6.45, 7) is 0. The number of anilines is 1. The lowest BCUT2D eigenvalue weighted by Crippen LogP contribution is -2.50. The van der Waals surface area contributed by atoms with Crippen LogP contribution in [0.4, 0.5) is 5.69 Å². The summed E-state index contributed by atoms with van der Waals surface area (Å²) in [4.78, 5) is 37.3. The van der Waals surface area contributed by atoms with Crippen molar-refractivity contribution in [2.75, 3.05) is 4.90 Å². The monoisotopic (exact) mass is 485 g/mol. The molecule has 3 heterocycles. The molecule has 0 spiro atoms. The molecule has 0 aliphatic carbocycles. The van der Waals surface area contributed by atoms with Gasteiger partial charge in [0.1, 0.15) is 11.4 Å². The molecule has 1 fully saturated rings. The molecule has 1 saturated heterocycles. The van der Waals surface area contributed by atoms with Gasteiger partial charge < -0.3 is 5.32 Å². The molecule has 180 valence electrons. The fourth-order valence-corrected chi connectivity index (χ4v) is 4.53. The lowest BCUT2D eigenvalue weighted by Gasteiger charge is -2.28. The molecule has 4 aromatic rings. The number of aromatic nitrogens is 2. The summed E-state index contributed by atoms with van der Waals surface area (Å²) < 4.78 is 0. The summed E-state index contributed by atoms with van der Waals surface area (Å²) in [5.41, 5.74) is 2.39. The average Bonchev–Trinajstić information content (AvgIpc) is 3.20. The maximum atomic E-state index is 14.3. The molecule has 1 amide bonds. The Hall–Kier alpha value is -5.09. The molecule has 1 aliphatic rings. The molecular formula is C30H23N5O2. The highest BCUT2D eigenvalue weighted by Crippen LogP contribution is 2.34. The van der Waals surface area contributed by atoms with Crippen LogP contribution in [0.1, 0.15) is 27.0 Å². The fourth-order valence-electron chi connectivity index (χ4n) is 4.53. The van der Waals surface area contributed by atoms with Crippen LogP contribution < -0.4 is 10.2 Å². The molecule has 0 atom stereocenters. The first kappa shape index (κ1) is 23.6. The van der Waals surface area contributed by atoms with Gasteiger partial charge in [0, 0.05) is 49.3 Å². The Labute approximate surface area is 214 Å². The lowest BCUT2D eigenvalue weighted by atomic mass is 9.85. The number of nitrogens with zero attached hydrogens (tertiary/aromatic N) is 4. The molecule has 7 nitrogen and oxygen atoms in total. The van der Waals surface area contributed by atoms with E-state index in [0.717, 1.165) is 11.1 Å². The van der Waals surface area contributed by atoms with Crippen LogP contribution in [0.2, 0.25) is 0 Å². The van der Waals surface area contributed by atoms with Crippen molar-refractivity contribution < 1.29 is 9.59 Å². The minimum Gasteiger partial charge on any atom is -0.356 e. The van der Waals surface area contributed by atoms with Crippen LogP contribution >= 0.6 is 0 Å². The molecule has 7 heteroatoms. The largest absolute Gasteiger partial charge is 0.356 e. The predicted octanol–water partition coefficient (Wildman–Crippen LogP) is 4.23. The predicted molar refractivity (Wildman–Crippen MR) is 139 cm³/mol. The number of para-hydroxylation sites is 1. The summed E-state index contributed by atoms with van der Waals surface area (Å²) >= 11 is 0. The molecular weight excluding hydrogens is 462 g/mol. The maximum absolute atomic E-state index is 14.3. The molecule has 2 aromatic heterocycles. The van der Waals surface area contributed by atoms with Gasteiger partial charge in [-0.25, -0.2) is 0 Å². The van der Waals surface area contributed by atoms with Crippen molar-refractivity contribution in [3.05, 3.63) is 138 Å². The fraction of sp³-hybridized carbons (Fsp3) is 0.100. The third kappa shape index (κ3) is 5.00. The zero-order valence-electron chi connectivity index (χ0n) is 19.9. The van der Waals surface area contributed by atoms with Crippen LogP contribution in [-0.4, -0.2) is 27.2 Å². The smallest absolute Gasteiger partial charge is 0.259 e.